The van der Waals surface area contributed by atoms with Crippen LogP contribution in [0.5, 0.6) is 0 Å². The van der Waals surface area contributed by atoms with Gasteiger partial charge in [-0.25, -0.2) is 9.97 Å². The zero-order valence-electron chi connectivity index (χ0n) is 13.7. The van der Waals surface area contributed by atoms with Gasteiger partial charge in [-0.2, -0.15) is 0 Å². The quantitative estimate of drug-likeness (QED) is 0.768. The lowest BCUT2D eigenvalue weighted by Crippen LogP contribution is -2.36. The van der Waals surface area contributed by atoms with Crippen LogP contribution in [-0.4, -0.2) is 48.6 Å². The zero-order chi connectivity index (χ0) is 15.9. The monoisotopic (exact) mass is 364 g/mol. The Bertz CT molecular complexity index is 510. The molecule has 22 heavy (non-hydrogen) atoms. The summed E-state index contributed by atoms with van der Waals surface area (Å²) in [6.45, 7) is 1.05. The smallest absolute Gasteiger partial charge is 0.225 e. The molecule has 1 aliphatic carbocycles. The van der Waals surface area contributed by atoms with E-state index in [-0.39, 0.29) is 0 Å². The Hall–Kier alpha value is -1.12. The predicted octanol–water partition coefficient (Wildman–Crippen LogP) is 3.19. The highest BCUT2D eigenvalue weighted by Gasteiger charge is 2.24. The standard InChI is InChI=1S/C17H25BrN4/c1-21(2)11-5-4-6-14-7-9-16(10-8-14)22(3)17-19-12-15(18)13-20-17/h12-14,16H,5,7-11H2,1-3H3. The van der Waals surface area contributed by atoms with Crippen LogP contribution in [0.3, 0.4) is 0 Å². The van der Waals surface area contributed by atoms with Gasteiger partial charge in [0.1, 0.15) is 0 Å². The van der Waals surface area contributed by atoms with Crippen molar-refractivity contribution < 1.29 is 0 Å². The number of aromatic nitrogens is 2. The second-order valence-corrected chi connectivity index (χ2v) is 7.11. The number of hydrogen-bond acceptors (Lipinski definition) is 4. The van der Waals surface area contributed by atoms with Crippen molar-refractivity contribution in [2.75, 3.05) is 32.6 Å². The molecule has 2 rings (SSSR count). The molecule has 0 radical (unpaired) electrons. The lowest BCUT2D eigenvalue weighted by molar-refractivity contribution is 0.371. The first-order valence-electron chi connectivity index (χ1n) is 7.89. The normalized spacial score (nSPS) is 21.3. The first-order chi connectivity index (χ1) is 10.6. The van der Waals surface area contributed by atoms with E-state index in [0.717, 1.165) is 23.4 Å². The van der Waals surface area contributed by atoms with Gasteiger partial charge < -0.3 is 9.80 Å². The van der Waals surface area contributed by atoms with Crippen LogP contribution in [0.4, 0.5) is 5.95 Å². The van der Waals surface area contributed by atoms with Crippen molar-refractivity contribution >= 4 is 21.9 Å². The fourth-order valence-corrected chi connectivity index (χ4v) is 2.96. The van der Waals surface area contributed by atoms with Crippen molar-refractivity contribution in [3.8, 4) is 11.8 Å². The van der Waals surface area contributed by atoms with Crippen LogP contribution in [0.25, 0.3) is 0 Å². The van der Waals surface area contributed by atoms with Gasteiger partial charge in [0.25, 0.3) is 0 Å². The van der Waals surface area contributed by atoms with E-state index in [1.54, 1.807) is 12.4 Å². The molecule has 0 bridgehead atoms. The summed E-state index contributed by atoms with van der Waals surface area (Å²) in [6.07, 6.45) is 9.29. The largest absolute Gasteiger partial charge is 0.341 e. The second-order valence-electron chi connectivity index (χ2n) is 6.19. The Morgan fingerprint density at radius 3 is 2.36 bits per heavy atom. The SMILES string of the molecule is CN(C)CCC#CC1CCC(N(C)c2ncc(Br)cn2)CC1. The lowest BCUT2D eigenvalue weighted by atomic mass is 9.86. The Kier molecular flexibility index (Phi) is 6.66. The van der Waals surface area contributed by atoms with Crippen LogP contribution >= 0.6 is 15.9 Å². The Morgan fingerprint density at radius 1 is 1.14 bits per heavy atom. The first kappa shape index (κ1) is 17.2. The van der Waals surface area contributed by atoms with E-state index in [1.807, 2.05) is 0 Å². The molecule has 1 aromatic rings. The van der Waals surface area contributed by atoms with Crippen LogP contribution < -0.4 is 4.90 Å². The fraction of sp³-hybridized carbons (Fsp3) is 0.647. The maximum Gasteiger partial charge on any atom is 0.225 e. The third kappa shape index (κ3) is 5.26. The van der Waals surface area contributed by atoms with Gasteiger partial charge in [0.2, 0.25) is 5.95 Å². The summed E-state index contributed by atoms with van der Waals surface area (Å²) < 4.78 is 0.918. The van der Waals surface area contributed by atoms with Crippen molar-refractivity contribution in [1.29, 1.82) is 0 Å². The molecular weight excluding hydrogens is 340 g/mol. The summed E-state index contributed by atoms with van der Waals surface area (Å²) in [5.74, 6) is 8.16. The van der Waals surface area contributed by atoms with Crippen molar-refractivity contribution in [2.24, 2.45) is 5.92 Å². The minimum Gasteiger partial charge on any atom is -0.341 e. The highest BCUT2D eigenvalue weighted by Crippen LogP contribution is 2.28. The molecule has 1 aromatic heterocycles. The van der Waals surface area contributed by atoms with Crippen LogP contribution in [0.15, 0.2) is 16.9 Å². The summed E-state index contributed by atoms with van der Waals surface area (Å²) in [5.41, 5.74) is 0. The average molecular weight is 365 g/mol. The first-order valence-corrected chi connectivity index (χ1v) is 8.69. The number of hydrogen-bond donors (Lipinski definition) is 0. The van der Waals surface area contributed by atoms with E-state index in [0.29, 0.717) is 12.0 Å². The van der Waals surface area contributed by atoms with Crippen LogP contribution in [-0.2, 0) is 0 Å². The maximum absolute atomic E-state index is 4.38. The molecule has 0 unspecified atom stereocenters. The molecule has 0 amide bonds. The van der Waals surface area contributed by atoms with Crippen LogP contribution in [0.1, 0.15) is 32.1 Å². The Labute approximate surface area is 142 Å². The lowest BCUT2D eigenvalue weighted by Gasteiger charge is -2.33. The summed E-state index contributed by atoms with van der Waals surface area (Å²) in [4.78, 5) is 13.2. The number of nitrogens with zero attached hydrogens (tertiary/aromatic N) is 4. The van der Waals surface area contributed by atoms with Gasteiger partial charge >= 0.3 is 0 Å². The molecule has 0 atom stereocenters. The highest BCUT2D eigenvalue weighted by molar-refractivity contribution is 9.10. The topological polar surface area (TPSA) is 32.3 Å². The van der Waals surface area contributed by atoms with E-state index in [9.17, 15) is 0 Å². The molecule has 1 saturated carbocycles. The Morgan fingerprint density at radius 2 is 1.77 bits per heavy atom. The van der Waals surface area contributed by atoms with E-state index < -0.39 is 0 Å². The van der Waals surface area contributed by atoms with Crippen molar-refractivity contribution in [3.05, 3.63) is 16.9 Å². The molecule has 0 aromatic carbocycles. The van der Waals surface area contributed by atoms with E-state index >= 15 is 0 Å². The minimum atomic E-state index is 0.529. The summed E-state index contributed by atoms with van der Waals surface area (Å²) in [5, 5.41) is 0. The highest BCUT2D eigenvalue weighted by atomic mass is 79.9. The molecule has 1 aliphatic rings. The third-order valence-corrected chi connectivity index (χ3v) is 4.57. The predicted molar refractivity (Wildman–Crippen MR) is 94.8 cm³/mol. The van der Waals surface area contributed by atoms with Gasteiger partial charge in [0, 0.05) is 44.4 Å². The number of anilines is 1. The van der Waals surface area contributed by atoms with E-state index in [4.69, 9.17) is 0 Å². The van der Waals surface area contributed by atoms with Crippen LogP contribution in [0, 0.1) is 17.8 Å². The molecular formula is C17H25BrN4. The second kappa shape index (κ2) is 8.50. The molecule has 0 spiro atoms. The molecule has 0 saturated heterocycles. The van der Waals surface area contributed by atoms with Gasteiger partial charge in [-0.15, -0.1) is 5.92 Å². The molecule has 1 heterocycles. The van der Waals surface area contributed by atoms with Gasteiger partial charge in [-0.05, 0) is 55.7 Å². The maximum atomic E-state index is 4.38. The minimum absolute atomic E-state index is 0.529. The third-order valence-electron chi connectivity index (χ3n) is 4.16. The molecule has 4 nitrogen and oxygen atoms in total. The van der Waals surface area contributed by atoms with E-state index in [1.165, 1.54) is 25.7 Å². The summed E-state index contributed by atoms with van der Waals surface area (Å²) in [7, 11) is 6.27. The molecule has 5 heteroatoms. The molecule has 1 fully saturated rings. The number of rotatable bonds is 4. The van der Waals surface area contributed by atoms with Gasteiger partial charge in [-0.1, -0.05) is 5.92 Å². The molecule has 0 aliphatic heterocycles. The van der Waals surface area contributed by atoms with Crippen molar-refractivity contribution in [2.45, 2.75) is 38.1 Å². The summed E-state index contributed by atoms with van der Waals surface area (Å²) >= 11 is 3.38. The number of halogens is 1. The van der Waals surface area contributed by atoms with Gasteiger partial charge in [-0.3, -0.25) is 0 Å². The van der Waals surface area contributed by atoms with Crippen LogP contribution in [0.2, 0.25) is 0 Å². The van der Waals surface area contributed by atoms with Crippen molar-refractivity contribution in [3.63, 3.8) is 0 Å². The van der Waals surface area contributed by atoms with E-state index in [2.05, 4.69) is 68.7 Å². The zero-order valence-corrected chi connectivity index (χ0v) is 15.3. The fourth-order valence-electron chi connectivity index (χ4n) is 2.75. The van der Waals surface area contributed by atoms with Gasteiger partial charge in [0.15, 0.2) is 0 Å². The Balaban J connectivity index is 1.80. The molecule has 120 valence electrons. The average Bonchev–Trinajstić information content (AvgIpc) is 2.52. The van der Waals surface area contributed by atoms with Gasteiger partial charge in [0.05, 0.1) is 4.47 Å². The summed E-state index contributed by atoms with van der Waals surface area (Å²) in [6, 6.07) is 0.529. The van der Waals surface area contributed by atoms with Crippen molar-refractivity contribution in [1.82, 2.24) is 14.9 Å². The molecule has 0 N–H and O–H groups in total.